The number of β-lactam (4-membered cyclic amide) rings is 1. The lowest BCUT2D eigenvalue weighted by atomic mass is 10.1. The summed E-state index contributed by atoms with van der Waals surface area (Å²) in [5.74, 6) is -0.240. The van der Waals surface area contributed by atoms with Crippen molar-refractivity contribution >= 4 is 64.3 Å². The van der Waals surface area contributed by atoms with E-state index in [-0.39, 0.29) is 35.6 Å². The standard InChI is InChI=1S/C24H23Cl3N4O4S/c25-24(26,27)10-18-17(21(34)28-14-32)7-4-8-30(18)11-16-12-31-22(35)20(23(31)36-13-16)29-19(33)9-15-5-2-1-3-6-15/h1-8,12,20,23,32H,9-11,13-14H2,(H-,28,29,33,34)/p+1/t20-,23-/m1/s1. The van der Waals surface area contributed by atoms with Crippen molar-refractivity contribution in [1.82, 2.24) is 15.5 Å². The van der Waals surface area contributed by atoms with Crippen molar-refractivity contribution in [3.8, 4) is 0 Å². The number of halogens is 3. The average molecular weight is 571 g/mol. The molecule has 0 spiro atoms. The maximum absolute atomic E-state index is 12.8. The maximum atomic E-state index is 12.8. The van der Waals surface area contributed by atoms with Crippen LogP contribution in [-0.4, -0.2) is 55.4 Å². The van der Waals surface area contributed by atoms with Gasteiger partial charge in [0.1, 0.15) is 23.7 Å². The van der Waals surface area contributed by atoms with E-state index in [1.807, 2.05) is 30.3 Å². The molecular formula is C24H24Cl3N4O4S+. The molecule has 1 aromatic carbocycles. The van der Waals surface area contributed by atoms with Crippen LogP contribution in [0.3, 0.4) is 0 Å². The van der Waals surface area contributed by atoms with Gasteiger partial charge in [-0.3, -0.25) is 14.4 Å². The van der Waals surface area contributed by atoms with Crippen LogP contribution >= 0.6 is 46.6 Å². The lowest BCUT2D eigenvalue weighted by Crippen LogP contribution is -2.68. The quantitative estimate of drug-likeness (QED) is 0.195. The molecule has 0 aliphatic carbocycles. The SMILES string of the molecule is O=C(Cc1ccccc1)N[C@@H]1C(=O)N2C=C(C[n+]3cccc(C(=O)NCO)c3CC(Cl)(Cl)Cl)CS[C@H]12. The molecule has 1 aromatic heterocycles. The molecule has 2 atom stereocenters. The summed E-state index contributed by atoms with van der Waals surface area (Å²) >= 11 is 19.7. The van der Waals surface area contributed by atoms with Crippen molar-refractivity contribution in [2.24, 2.45) is 0 Å². The van der Waals surface area contributed by atoms with Gasteiger partial charge in [-0.05, 0) is 11.6 Å². The largest absolute Gasteiger partial charge is 0.376 e. The fraction of sp³-hybridized carbons (Fsp3) is 0.333. The number of nitrogens with zero attached hydrogens (tertiary/aromatic N) is 2. The Kier molecular flexibility index (Phi) is 8.47. The van der Waals surface area contributed by atoms with Gasteiger partial charge in [0.25, 0.3) is 11.8 Å². The third-order valence-electron chi connectivity index (χ3n) is 5.78. The minimum Gasteiger partial charge on any atom is -0.376 e. The fourth-order valence-corrected chi connectivity index (χ4v) is 5.80. The maximum Gasteiger partial charge on any atom is 0.259 e. The zero-order chi connectivity index (χ0) is 25.9. The molecule has 4 rings (SSSR count). The number of carbonyl (C=O) groups is 3. The summed E-state index contributed by atoms with van der Waals surface area (Å²) in [6.07, 6.45) is 3.74. The second kappa shape index (κ2) is 11.4. The van der Waals surface area contributed by atoms with E-state index in [2.05, 4.69) is 10.6 Å². The minimum atomic E-state index is -1.64. The molecule has 1 saturated heterocycles. The van der Waals surface area contributed by atoms with Gasteiger partial charge in [0.05, 0.1) is 12.8 Å². The first-order valence-corrected chi connectivity index (χ1v) is 13.3. The molecule has 0 saturated carbocycles. The van der Waals surface area contributed by atoms with Crippen molar-refractivity contribution in [2.75, 3.05) is 12.5 Å². The molecule has 0 bridgehead atoms. The number of carbonyl (C=O) groups excluding carboxylic acids is 3. The van der Waals surface area contributed by atoms with E-state index in [1.54, 1.807) is 45.8 Å². The Morgan fingerprint density at radius 1 is 1.17 bits per heavy atom. The van der Waals surface area contributed by atoms with Gasteiger partial charge in [0, 0.05) is 23.6 Å². The number of aliphatic hydroxyl groups excluding tert-OH is 1. The Hall–Kier alpha value is -2.30. The highest BCUT2D eigenvalue weighted by atomic mass is 35.6. The fourth-order valence-electron chi connectivity index (χ4n) is 4.16. The zero-order valence-electron chi connectivity index (χ0n) is 19.0. The molecule has 2 aliphatic heterocycles. The van der Waals surface area contributed by atoms with Crippen LogP contribution in [-0.2, 0) is 29.0 Å². The van der Waals surface area contributed by atoms with Crippen molar-refractivity contribution in [1.29, 1.82) is 0 Å². The summed E-state index contributed by atoms with van der Waals surface area (Å²) in [5.41, 5.74) is 2.57. The number of benzene rings is 1. The van der Waals surface area contributed by atoms with Crippen molar-refractivity contribution in [3.63, 3.8) is 0 Å². The minimum absolute atomic E-state index is 0.0338. The van der Waals surface area contributed by atoms with Crippen LogP contribution in [0.1, 0.15) is 21.6 Å². The number of aliphatic hydroxyl groups is 1. The smallest absolute Gasteiger partial charge is 0.259 e. The van der Waals surface area contributed by atoms with Crippen LogP contribution in [0.2, 0.25) is 0 Å². The third-order valence-corrected chi connectivity index (χ3v) is 7.56. The van der Waals surface area contributed by atoms with Gasteiger partial charge in [-0.25, -0.2) is 0 Å². The summed E-state index contributed by atoms with van der Waals surface area (Å²) in [4.78, 5) is 39.3. The average Bonchev–Trinajstić information content (AvgIpc) is 2.83. The van der Waals surface area contributed by atoms with E-state index in [4.69, 9.17) is 39.9 Å². The molecule has 36 heavy (non-hydrogen) atoms. The van der Waals surface area contributed by atoms with Crippen LogP contribution in [0.15, 0.2) is 60.4 Å². The van der Waals surface area contributed by atoms with Crippen LogP contribution < -0.4 is 15.2 Å². The van der Waals surface area contributed by atoms with E-state index in [0.29, 0.717) is 18.0 Å². The number of hydrogen-bond donors (Lipinski definition) is 3. The summed E-state index contributed by atoms with van der Waals surface area (Å²) < 4.78 is 0.154. The van der Waals surface area contributed by atoms with E-state index in [0.717, 1.165) is 11.1 Å². The zero-order valence-corrected chi connectivity index (χ0v) is 22.1. The van der Waals surface area contributed by atoms with Gasteiger partial charge in [0.2, 0.25) is 5.91 Å². The number of thioether (sulfide) groups is 1. The Balaban J connectivity index is 1.46. The Morgan fingerprint density at radius 2 is 1.92 bits per heavy atom. The lowest BCUT2D eigenvalue weighted by Gasteiger charge is -2.47. The van der Waals surface area contributed by atoms with Crippen LogP contribution in [0.25, 0.3) is 0 Å². The summed E-state index contributed by atoms with van der Waals surface area (Å²) in [6.45, 7) is -0.158. The number of nitrogens with one attached hydrogen (secondary N) is 2. The number of amides is 3. The molecule has 2 aromatic rings. The van der Waals surface area contributed by atoms with E-state index >= 15 is 0 Å². The molecule has 0 radical (unpaired) electrons. The number of aromatic nitrogens is 1. The molecule has 3 N–H and O–H groups in total. The molecule has 3 amide bonds. The summed E-state index contributed by atoms with van der Waals surface area (Å²) in [6, 6.07) is 12.1. The molecule has 1 fully saturated rings. The molecule has 2 aliphatic rings. The number of alkyl halides is 3. The van der Waals surface area contributed by atoms with Gasteiger partial charge < -0.3 is 20.6 Å². The molecule has 3 heterocycles. The van der Waals surface area contributed by atoms with Gasteiger partial charge in [-0.15, -0.1) is 11.8 Å². The highest BCUT2D eigenvalue weighted by Crippen LogP contribution is 2.36. The molecule has 12 heteroatoms. The van der Waals surface area contributed by atoms with Gasteiger partial charge in [-0.1, -0.05) is 65.1 Å². The highest BCUT2D eigenvalue weighted by molar-refractivity contribution is 8.00. The van der Waals surface area contributed by atoms with Crippen LogP contribution in [0, 0.1) is 0 Å². The van der Waals surface area contributed by atoms with Gasteiger partial charge in [-0.2, -0.15) is 4.57 Å². The Morgan fingerprint density at radius 3 is 2.61 bits per heavy atom. The Labute approximate surface area is 227 Å². The van der Waals surface area contributed by atoms with Crippen LogP contribution in [0.4, 0.5) is 0 Å². The Bertz CT molecular complexity index is 1190. The van der Waals surface area contributed by atoms with Crippen molar-refractivity contribution in [2.45, 2.75) is 34.6 Å². The normalized spacial score (nSPS) is 19.2. The van der Waals surface area contributed by atoms with Crippen LogP contribution in [0.5, 0.6) is 0 Å². The molecule has 8 nitrogen and oxygen atoms in total. The first kappa shape index (κ1) is 26.8. The number of pyridine rings is 1. The second-order valence-corrected chi connectivity index (χ2v) is 12.0. The predicted octanol–water partition coefficient (Wildman–Crippen LogP) is 2.09. The third kappa shape index (κ3) is 6.33. The van der Waals surface area contributed by atoms with Gasteiger partial charge >= 0.3 is 0 Å². The van der Waals surface area contributed by atoms with E-state index in [1.165, 1.54) is 0 Å². The first-order chi connectivity index (χ1) is 17.2. The number of hydrogen-bond acceptors (Lipinski definition) is 5. The second-order valence-electron chi connectivity index (χ2n) is 8.39. The monoisotopic (exact) mass is 569 g/mol. The van der Waals surface area contributed by atoms with Gasteiger partial charge in [0.15, 0.2) is 22.2 Å². The first-order valence-electron chi connectivity index (χ1n) is 11.1. The lowest BCUT2D eigenvalue weighted by molar-refractivity contribution is -0.696. The summed E-state index contributed by atoms with van der Waals surface area (Å²) in [7, 11) is 0. The molecule has 190 valence electrons. The topological polar surface area (TPSA) is 103 Å². The van der Waals surface area contributed by atoms with E-state index in [9.17, 15) is 14.4 Å². The molecular weight excluding hydrogens is 547 g/mol. The highest BCUT2D eigenvalue weighted by Gasteiger charge is 2.49. The predicted molar refractivity (Wildman–Crippen MR) is 138 cm³/mol. The number of fused-ring (bicyclic) bond motifs is 1. The summed E-state index contributed by atoms with van der Waals surface area (Å²) in [5, 5.41) is 14.1. The van der Waals surface area contributed by atoms with Crippen molar-refractivity contribution < 1.29 is 24.1 Å². The molecule has 0 unspecified atom stereocenters. The van der Waals surface area contributed by atoms with E-state index < -0.39 is 22.5 Å². The van der Waals surface area contributed by atoms with Crippen molar-refractivity contribution in [3.05, 3.63) is 77.3 Å². The number of rotatable bonds is 8.